The van der Waals surface area contributed by atoms with Gasteiger partial charge in [0.1, 0.15) is 17.0 Å². The predicted octanol–water partition coefficient (Wildman–Crippen LogP) is -0.158. The van der Waals surface area contributed by atoms with Crippen molar-refractivity contribution in [3.05, 3.63) is 17.0 Å². The number of nitrogens with one attached hydrogen (secondary N) is 2. The molecule has 21 heavy (non-hydrogen) atoms. The highest BCUT2D eigenvalue weighted by Gasteiger charge is 2.16. The lowest BCUT2D eigenvalue weighted by molar-refractivity contribution is 0.0954. The molecule has 114 valence electrons. The number of hydrogen-bond donors (Lipinski definition) is 3. The van der Waals surface area contributed by atoms with Crippen LogP contribution in [0.3, 0.4) is 0 Å². The van der Waals surface area contributed by atoms with Crippen molar-refractivity contribution in [2.24, 2.45) is 7.05 Å². The molecule has 2 aromatic rings. The van der Waals surface area contributed by atoms with Crippen LogP contribution in [-0.4, -0.2) is 45.9 Å². The smallest absolute Gasteiger partial charge is 0.265 e. The molecule has 0 aliphatic heterocycles. The Kier molecular flexibility index (Phi) is 5.06. The van der Waals surface area contributed by atoms with E-state index in [1.165, 1.54) is 11.3 Å². The van der Waals surface area contributed by atoms with Crippen LogP contribution in [0.15, 0.2) is 6.33 Å². The molecule has 10 heteroatoms. The van der Waals surface area contributed by atoms with Gasteiger partial charge in [-0.15, -0.1) is 0 Å². The Morgan fingerprint density at radius 2 is 2.38 bits per heavy atom. The second-order valence-corrected chi connectivity index (χ2v) is 5.17. The minimum absolute atomic E-state index is 0.200. The highest BCUT2D eigenvalue weighted by atomic mass is 32.1. The number of thiazole rings is 1. The van der Waals surface area contributed by atoms with E-state index in [2.05, 4.69) is 25.7 Å². The van der Waals surface area contributed by atoms with Crippen LogP contribution in [0.4, 0.5) is 10.9 Å². The van der Waals surface area contributed by atoms with Crippen molar-refractivity contribution in [2.75, 3.05) is 31.3 Å². The number of amides is 1. The van der Waals surface area contributed by atoms with Gasteiger partial charge in [-0.2, -0.15) is 5.10 Å². The molecule has 1 amide bonds. The van der Waals surface area contributed by atoms with Crippen LogP contribution < -0.4 is 16.4 Å². The Labute approximate surface area is 125 Å². The fourth-order valence-corrected chi connectivity index (χ4v) is 2.36. The minimum atomic E-state index is -0.294. The standard InChI is InChI=1S/C11H17N7O2S/c1-18-6-15-7(17-18)5-14-10(19)8-9(12)16-11(21-8)13-3-4-20-2/h6H,3-5,12H2,1-2H3,(H,13,16)(H,14,19). The summed E-state index contributed by atoms with van der Waals surface area (Å²) in [6.07, 6.45) is 1.57. The Balaban J connectivity index is 1.92. The largest absolute Gasteiger partial charge is 0.383 e. The minimum Gasteiger partial charge on any atom is -0.383 e. The summed E-state index contributed by atoms with van der Waals surface area (Å²) in [5.41, 5.74) is 5.75. The first kappa shape index (κ1) is 15.2. The van der Waals surface area contributed by atoms with Crippen LogP contribution in [-0.2, 0) is 18.3 Å². The van der Waals surface area contributed by atoms with E-state index in [1.54, 1.807) is 25.2 Å². The van der Waals surface area contributed by atoms with E-state index < -0.39 is 0 Å². The molecule has 2 heterocycles. The number of aryl methyl sites for hydroxylation is 1. The highest BCUT2D eigenvalue weighted by molar-refractivity contribution is 7.18. The molecule has 0 bridgehead atoms. The van der Waals surface area contributed by atoms with Crippen LogP contribution in [0, 0.1) is 0 Å². The summed E-state index contributed by atoms with van der Waals surface area (Å²) in [4.78, 5) is 20.5. The van der Waals surface area contributed by atoms with Gasteiger partial charge in [0.2, 0.25) is 0 Å². The van der Waals surface area contributed by atoms with Gasteiger partial charge in [0, 0.05) is 20.7 Å². The summed E-state index contributed by atoms with van der Waals surface area (Å²) in [5.74, 6) is 0.441. The first-order valence-corrected chi connectivity index (χ1v) is 7.03. The van der Waals surface area contributed by atoms with Crippen LogP contribution in [0.1, 0.15) is 15.5 Å². The van der Waals surface area contributed by atoms with Gasteiger partial charge in [0.05, 0.1) is 13.2 Å². The average molecular weight is 311 g/mol. The van der Waals surface area contributed by atoms with E-state index in [9.17, 15) is 4.79 Å². The molecule has 2 aromatic heterocycles. The van der Waals surface area contributed by atoms with Crippen molar-refractivity contribution < 1.29 is 9.53 Å². The van der Waals surface area contributed by atoms with Crippen LogP contribution in [0.25, 0.3) is 0 Å². The molecule has 4 N–H and O–H groups in total. The second kappa shape index (κ2) is 6.99. The molecule has 0 saturated carbocycles. The Morgan fingerprint density at radius 3 is 3.05 bits per heavy atom. The topological polar surface area (TPSA) is 120 Å². The first-order chi connectivity index (χ1) is 10.1. The zero-order valence-corrected chi connectivity index (χ0v) is 12.6. The van der Waals surface area contributed by atoms with Gasteiger partial charge in [0.15, 0.2) is 11.0 Å². The normalized spacial score (nSPS) is 10.6. The van der Waals surface area contributed by atoms with E-state index in [4.69, 9.17) is 10.5 Å². The third kappa shape index (κ3) is 4.13. The molecule has 2 rings (SSSR count). The van der Waals surface area contributed by atoms with Gasteiger partial charge in [-0.3, -0.25) is 9.48 Å². The Bertz CT molecular complexity index is 609. The summed E-state index contributed by atoms with van der Waals surface area (Å²) in [7, 11) is 3.37. The summed E-state index contributed by atoms with van der Waals surface area (Å²) in [5, 5.41) is 10.4. The van der Waals surface area contributed by atoms with E-state index in [1.807, 2.05) is 0 Å². The van der Waals surface area contributed by atoms with E-state index in [-0.39, 0.29) is 18.3 Å². The predicted molar refractivity (Wildman–Crippen MR) is 79.1 cm³/mol. The third-order valence-electron chi connectivity index (χ3n) is 2.50. The first-order valence-electron chi connectivity index (χ1n) is 6.22. The summed E-state index contributed by atoms with van der Waals surface area (Å²) in [6.45, 7) is 1.39. The van der Waals surface area contributed by atoms with Gasteiger partial charge in [-0.25, -0.2) is 9.97 Å². The molecule has 0 atom stereocenters. The monoisotopic (exact) mass is 311 g/mol. The molecule has 0 aliphatic rings. The van der Waals surface area contributed by atoms with Crippen molar-refractivity contribution >= 4 is 28.2 Å². The molecule has 0 aliphatic carbocycles. The lowest BCUT2D eigenvalue weighted by atomic mass is 10.4. The lowest BCUT2D eigenvalue weighted by Crippen LogP contribution is -2.23. The fraction of sp³-hybridized carbons (Fsp3) is 0.455. The van der Waals surface area contributed by atoms with Gasteiger partial charge in [-0.1, -0.05) is 11.3 Å². The molecular formula is C11H17N7O2S. The highest BCUT2D eigenvalue weighted by Crippen LogP contribution is 2.24. The van der Waals surface area contributed by atoms with E-state index in [0.717, 1.165) is 0 Å². The van der Waals surface area contributed by atoms with Gasteiger partial charge < -0.3 is 21.1 Å². The quantitative estimate of drug-likeness (QED) is 0.608. The molecule has 9 nitrogen and oxygen atoms in total. The number of rotatable bonds is 7. The number of carbonyl (C=O) groups is 1. The lowest BCUT2D eigenvalue weighted by Gasteiger charge is -2.00. The van der Waals surface area contributed by atoms with Crippen molar-refractivity contribution in [3.8, 4) is 0 Å². The number of nitrogens with zero attached hydrogens (tertiary/aromatic N) is 4. The van der Waals surface area contributed by atoms with Gasteiger partial charge in [-0.05, 0) is 0 Å². The zero-order valence-electron chi connectivity index (χ0n) is 11.8. The van der Waals surface area contributed by atoms with E-state index in [0.29, 0.717) is 29.0 Å². The Morgan fingerprint density at radius 1 is 1.57 bits per heavy atom. The summed E-state index contributed by atoms with van der Waals surface area (Å²) < 4.78 is 6.50. The molecule has 0 aromatic carbocycles. The number of methoxy groups -OCH3 is 1. The van der Waals surface area contributed by atoms with Crippen molar-refractivity contribution in [1.29, 1.82) is 0 Å². The average Bonchev–Trinajstić information content (AvgIpc) is 3.03. The number of hydrogen-bond acceptors (Lipinski definition) is 8. The van der Waals surface area contributed by atoms with Crippen molar-refractivity contribution in [2.45, 2.75) is 6.54 Å². The second-order valence-electron chi connectivity index (χ2n) is 4.17. The third-order valence-corrected chi connectivity index (χ3v) is 3.52. The molecular weight excluding hydrogens is 294 g/mol. The fourth-order valence-electron chi connectivity index (χ4n) is 1.53. The molecule has 0 radical (unpaired) electrons. The number of ether oxygens (including phenoxy) is 1. The maximum atomic E-state index is 12.1. The number of anilines is 2. The molecule has 0 unspecified atom stereocenters. The molecule has 0 spiro atoms. The summed E-state index contributed by atoms with van der Waals surface area (Å²) >= 11 is 1.20. The SMILES string of the molecule is COCCNc1nc(N)c(C(=O)NCc2ncn(C)n2)s1. The van der Waals surface area contributed by atoms with Gasteiger partial charge in [0.25, 0.3) is 5.91 Å². The Hall–Kier alpha value is -2.20. The maximum Gasteiger partial charge on any atom is 0.265 e. The van der Waals surface area contributed by atoms with Gasteiger partial charge >= 0.3 is 0 Å². The molecule has 0 fully saturated rings. The van der Waals surface area contributed by atoms with Crippen LogP contribution >= 0.6 is 11.3 Å². The summed E-state index contributed by atoms with van der Waals surface area (Å²) in [6, 6.07) is 0. The number of aromatic nitrogens is 4. The zero-order chi connectivity index (χ0) is 15.2. The van der Waals surface area contributed by atoms with Crippen molar-refractivity contribution in [3.63, 3.8) is 0 Å². The maximum absolute atomic E-state index is 12.1. The molecule has 0 saturated heterocycles. The van der Waals surface area contributed by atoms with Crippen molar-refractivity contribution in [1.82, 2.24) is 25.1 Å². The number of nitrogens with two attached hydrogens (primary N) is 1. The van der Waals surface area contributed by atoms with E-state index >= 15 is 0 Å². The van der Waals surface area contributed by atoms with Crippen LogP contribution in [0.5, 0.6) is 0 Å². The number of carbonyl (C=O) groups excluding carboxylic acids is 1. The number of nitrogen functional groups attached to an aromatic ring is 1. The van der Waals surface area contributed by atoms with Crippen LogP contribution in [0.2, 0.25) is 0 Å².